The van der Waals surface area contributed by atoms with E-state index in [1.165, 1.54) is 0 Å². The molecule has 0 radical (unpaired) electrons. The summed E-state index contributed by atoms with van der Waals surface area (Å²) >= 11 is 0. The monoisotopic (exact) mass is 390 g/mol. The third-order valence-corrected chi connectivity index (χ3v) is 5.02. The second-order valence-corrected chi connectivity index (χ2v) is 6.62. The summed E-state index contributed by atoms with van der Waals surface area (Å²) in [4.78, 5) is 0. The predicted octanol–water partition coefficient (Wildman–Crippen LogP) is 4.77. The normalized spacial score (nSPS) is 12.8. The Morgan fingerprint density at radius 1 is 0.759 bits per heavy atom. The van der Waals surface area contributed by atoms with Gasteiger partial charge in [0.2, 0.25) is 0 Å². The Hall–Kier alpha value is -3.60. The number of ether oxygens (including phenoxy) is 4. The lowest BCUT2D eigenvalue weighted by Crippen LogP contribution is -2.11. The van der Waals surface area contributed by atoms with Crippen molar-refractivity contribution in [1.29, 1.82) is 0 Å². The molecule has 0 saturated carbocycles. The highest BCUT2D eigenvalue weighted by Gasteiger charge is 2.24. The highest BCUT2D eigenvalue weighted by atomic mass is 16.5. The van der Waals surface area contributed by atoms with Crippen molar-refractivity contribution < 1.29 is 24.1 Å². The average Bonchev–Trinajstić information content (AvgIpc) is 2.77. The van der Waals surface area contributed by atoms with E-state index in [1.54, 1.807) is 33.5 Å². The van der Waals surface area contributed by atoms with Crippen LogP contribution in [0.5, 0.6) is 28.7 Å². The Labute approximate surface area is 169 Å². The molecule has 0 aliphatic carbocycles. The molecule has 5 heteroatoms. The molecular weight excluding hydrogens is 368 g/mol. The zero-order valence-electron chi connectivity index (χ0n) is 16.6. The minimum Gasteiger partial charge on any atom is -0.508 e. The first-order valence-electron chi connectivity index (χ1n) is 9.20. The van der Waals surface area contributed by atoms with E-state index in [9.17, 15) is 5.11 Å². The summed E-state index contributed by atoms with van der Waals surface area (Å²) in [6, 6.07) is 18.9. The summed E-state index contributed by atoms with van der Waals surface area (Å²) in [5, 5.41) is 9.88. The summed E-state index contributed by atoms with van der Waals surface area (Å²) < 4.78 is 22.1. The van der Waals surface area contributed by atoms with E-state index in [2.05, 4.69) is 0 Å². The van der Waals surface area contributed by atoms with Gasteiger partial charge in [-0.15, -0.1) is 0 Å². The molecule has 0 bridgehead atoms. The van der Waals surface area contributed by atoms with Crippen LogP contribution in [0.4, 0.5) is 0 Å². The van der Waals surface area contributed by atoms with Crippen LogP contribution in [0, 0.1) is 0 Å². The Kier molecular flexibility index (Phi) is 5.04. The van der Waals surface area contributed by atoms with Crippen molar-refractivity contribution in [3.8, 4) is 28.7 Å². The quantitative estimate of drug-likeness (QED) is 0.680. The van der Waals surface area contributed by atoms with Crippen LogP contribution in [0.2, 0.25) is 0 Å². The van der Waals surface area contributed by atoms with Crippen LogP contribution in [-0.4, -0.2) is 33.0 Å². The van der Waals surface area contributed by atoms with Gasteiger partial charge in [0.05, 0.1) is 21.3 Å². The van der Waals surface area contributed by atoms with Gasteiger partial charge in [-0.1, -0.05) is 18.2 Å². The maximum atomic E-state index is 9.88. The number of benzene rings is 3. The molecule has 0 atom stereocenters. The van der Waals surface area contributed by atoms with Crippen LogP contribution in [0.25, 0.3) is 11.1 Å². The summed E-state index contributed by atoms with van der Waals surface area (Å²) in [5.41, 5.74) is 5.00. The Morgan fingerprint density at radius 2 is 1.48 bits per heavy atom. The fraction of sp³-hybridized carbons (Fsp3) is 0.167. The molecule has 1 N–H and O–H groups in total. The molecule has 0 saturated heterocycles. The maximum absolute atomic E-state index is 9.88. The lowest BCUT2D eigenvalue weighted by Gasteiger charge is -2.25. The molecule has 1 heterocycles. The standard InChI is InChI=1S/C24H22O5/c1-26-18-8-4-15(5-9-18)24-19-10-7-17(25)13-22(19)29-14-20(24)16-6-11-21(27-2)23(12-16)28-3/h4-13,25H,14H2,1-3H3. The van der Waals surface area contributed by atoms with Gasteiger partial charge in [-0.3, -0.25) is 0 Å². The van der Waals surface area contributed by atoms with E-state index < -0.39 is 0 Å². The number of hydrogen-bond donors (Lipinski definition) is 1. The largest absolute Gasteiger partial charge is 0.508 e. The molecule has 29 heavy (non-hydrogen) atoms. The number of hydrogen-bond acceptors (Lipinski definition) is 5. The number of aromatic hydroxyl groups is 1. The first-order valence-corrected chi connectivity index (χ1v) is 9.20. The van der Waals surface area contributed by atoms with Gasteiger partial charge in [-0.05, 0) is 53.1 Å². The highest BCUT2D eigenvalue weighted by molar-refractivity contribution is 6.02. The van der Waals surface area contributed by atoms with Gasteiger partial charge in [0.1, 0.15) is 23.9 Å². The molecule has 1 aliphatic heterocycles. The van der Waals surface area contributed by atoms with Crippen LogP contribution in [0.3, 0.4) is 0 Å². The minimum atomic E-state index is 0.174. The number of fused-ring (bicyclic) bond motifs is 1. The van der Waals surface area contributed by atoms with Crippen molar-refractivity contribution >= 4 is 11.1 Å². The van der Waals surface area contributed by atoms with Gasteiger partial charge in [0.25, 0.3) is 0 Å². The van der Waals surface area contributed by atoms with Gasteiger partial charge < -0.3 is 24.1 Å². The fourth-order valence-corrected chi connectivity index (χ4v) is 3.56. The van der Waals surface area contributed by atoms with Crippen molar-refractivity contribution in [2.75, 3.05) is 27.9 Å². The summed E-state index contributed by atoms with van der Waals surface area (Å²) in [6.45, 7) is 0.368. The van der Waals surface area contributed by atoms with E-state index in [4.69, 9.17) is 18.9 Å². The topological polar surface area (TPSA) is 57.2 Å². The summed E-state index contributed by atoms with van der Waals surface area (Å²) in [7, 11) is 4.89. The molecule has 0 aromatic heterocycles. The summed E-state index contributed by atoms with van der Waals surface area (Å²) in [6.07, 6.45) is 0. The zero-order chi connectivity index (χ0) is 20.4. The van der Waals surface area contributed by atoms with E-state index in [0.717, 1.165) is 33.6 Å². The van der Waals surface area contributed by atoms with E-state index in [-0.39, 0.29) is 5.75 Å². The number of phenolic OH excluding ortho intramolecular Hbond substituents is 1. The molecule has 0 amide bonds. The molecular formula is C24H22O5. The first-order chi connectivity index (χ1) is 14.1. The van der Waals surface area contributed by atoms with Crippen molar-refractivity contribution in [2.24, 2.45) is 0 Å². The molecule has 3 aromatic carbocycles. The first kappa shape index (κ1) is 18.7. The van der Waals surface area contributed by atoms with Gasteiger partial charge >= 0.3 is 0 Å². The van der Waals surface area contributed by atoms with Crippen molar-refractivity contribution in [3.05, 3.63) is 77.4 Å². The molecule has 5 nitrogen and oxygen atoms in total. The average molecular weight is 390 g/mol. The molecule has 0 unspecified atom stereocenters. The Bertz CT molecular complexity index is 1070. The Morgan fingerprint density at radius 3 is 2.17 bits per heavy atom. The van der Waals surface area contributed by atoms with Gasteiger partial charge in [-0.2, -0.15) is 0 Å². The van der Waals surface area contributed by atoms with Crippen molar-refractivity contribution in [3.63, 3.8) is 0 Å². The van der Waals surface area contributed by atoms with Crippen LogP contribution in [0.1, 0.15) is 16.7 Å². The highest BCUT2D eigenvalue weighted by Crippen LogP contribution is 2.43. The lowest BCUT2D eigenvalue weighted by molar-refractivity contribution is 0.353. The smallest absolute Gasteiger partial charge is 0.161 e. The van der Waals surface area contributed by atoms with Crippen LogP contribution >= 0.6 is 0 Å². The molecule has 4 rings (SSSR count). The SMILES string of the molecule is COc1ccc(C2=C(c3ccc(OC)c(OC)c3)COc3cc(O)ccc32)cc1. The lowest BCUT2D eigenvalue weighted by atomic mass is 9.87. The fourth-order valence-electron chi connectivity index (χ4n) is 3.56. The van der Waals surface area contributed by atoms with E-state index in [0.29, 0.717) is 23.9 Å². The van der Waals surface area contributed by atoms with Crippen LogP contribution in [0.15, 0.2) is 60.7 Å². The molecule has 1 aliphatic rings. The predicted molar refractivity (Wildman–Crippen MR) is 112 cm³/mol. The zero-order valence-corrected chi connectivity index (χ0v) is 16.6. The summed E-state index contributed by atoms with van der Waals surface area (Å²) in [5.74, 6) is 2.94. The number of rotatable bonds is 5. The third-order valence-electron chi connectivity index (χ3n) is 5.02. The van der Waals surface area contributed by atoms with Crippen LogP contribution < -0.4 is 18.9 Å². The number of phenols is 1. The van der Waals surface area contributed by atoms with Gasteiger partial charge in [-0.25, -0.2) is 0 Å². The molecule has 3 aromatic rings. The third kappa shape index (κ3) is 3.47. The van der Waals surface area contributed by atoms with Crippen molar-refractivity contribution in [2.45, 2.75) is 0 Å². The van der Waals surface area contributed by atoms with Crippen molar-refractivity contribution in [1.82, 2.24) is 0 Å². The molecule has 0 fully saturated rings. The Balaban J connectivity index is 1.94. The van der Waals surface area contributed by atoms with Crippen LogP contribution in [-0.2, 0) is 0 Å². The maximum Gasteiger partial charge on any atom is 0.161 e. The number of methoxy groups -OCH3 is 3. The van der Waals surface area contributed by atoms with Gasteiger partial charge in [0.15, 0.2) is 11.5 Å². The van der Waals surface area contributed by atoms with Gasteiger partial charge in [0, 0.05) is 17.2 Å². The van der Waals surface area contributed by atoms with E-state index >= 15 is 0 Å². The second-order valence-electron chi connectivity index (χ2n) is 6.62. The second kappa shape index (κ2) is 7.80. The van der Waals surface area contributed by atoms with E-state index in [1.807, 2.05) is 48.5 Å². The molecule has 0 spiro atoms. The molecule has 148 valence electrons. The minimum absolute atomic E-state index is 0.174.